The highest BCUT2D eigenvalue weighted by Gasteiger charge is 2.38. The van der Waals surface area contributed by atoms with Gasteiger partial charge in [0.1, 0.15) is 10.7 Å². The fourth-order valence-electron chi connectivity index (χ4n) is 4.29. The number of alkyl halides is 3. The van der Waals surface area contributed by atoms with Gasteiger partial charge in [0, 0.05) is 34.6 Å². The van der Waals surface area contributed by atoms with Crippen molar-refractivity contribution in [1.82, 2.24) is 15.1 Å². The molecule has 0 radical (unpaired) electrons. The second-order valence-electron chi connectivity index (χ2n) is 9.91. The second-order valence-corrected chi connectivity index (χ2v) is 10.9. The Labute approximate surface area is 275 Å². The summed E-state index contributed by atoms with van der Waals surface area (Å²) in [5.41, 5.74) is 10.8. The van der Waals surface area contributed by atoms with Crippen LogP contribution in [0, 0.1) is 13.8 Å². The Morgan fingerprint density at radius 3 is 2.10 bits per heavy atom. The minimum atomic E-state index is -5.08. The number of ether oxygens (including phenoxy) is 3. The topological polar surface area (TPSA) is 184 Å². The molecular weight excluding hydrogens is 657 g/mol. The number of carbonyl (C=O) groups is 2. The molecule has 0 saturated heterocycles. The third-order valence-electron chi connectivity index (χ3n) is 6.29. The number of nitrogens with one attached hydrogen (secondary N) is 2. The molecule has 5 rings (SSSR count). The zero-order valence-corrected chi connectivity index (χ0v) is 26.9. The molecule has 252 valence electrons. The Morgan fingerprint density at radius 2 is 1.54 bits per heavy atom. The molecule has 5 aromatic rings. The van der Waals surface area contributed by atoms with Crippen LogP contribution < -0.4 is 30.6 Å². The molecule has 0 aliphatic carbocycles. The van der Waals surface area contributed by atoms with Crippen LogP contribution in [0.3, 0.4) is 0 Å². The van der Waals surface area contributed by atoms with Crippen molar-refractivity contribution < 1.29 is 46.6 Å². The fourth-order valence-corrected chi connectivity index (χ4v) is 5.12. The summed E-state index contributed by atoms with van der Waals surface area (Å²) in [6.07, 6.45) is -5.08. The van der Waals surface area contributed by atoms with Crippen LogP contribution in [0.2, 0.25) is 0 Å². The molecule has 0 aliphatic heterocycles. The van der Waals surface area contributed by atoms with E-state index in [-0.39, 0.29) is 17.6 Å². The Hall–Kier alpha value is -5.84. The van der Waals surface area contributed by atoms with Crippen LogP contribution in [0.1, 0.15) is 21.5 Å². The minimum absolute atomic E-state index is 0.202. The van der Waals surface area contributed by atoms with E-state index in [2.05, 4.69) is 25.8 Å². The van der Waals surface area contributed by atoms with Gasteiger partial charge in [-0.25, -0.2) is 9.78 Å². The Morgan fingerprint density at radius 1 is 0.917 bits per heavy atom. The lowest BCUT2D eigenvalue weighted by atomic mass is 10.1. The number of carboxylic acid groups (broad SMARTS) is 1. The monoisotopic (exact) mass is 686 g/mol. The van der Waals surface area contributed by atoms with Gasteiger partial charge in [-0.3, -0.25) is 4.79 Å². The number of aryl methyl sites for hydroxylation is 2. The van der Waals surface area contributed by atoms with E-state index in [9.17, 15) is 18.0 Å². The number of halogens is 3. The number of hydrogen-bond acceptors (Lipinski definition) is 12. The van der Waals surface area contributed by atoms with E-state index in [1.54, 1.807) is 45.6 Å². The first-order valence-corrected chi connectivity index (χ1v) is 14.5. The minimum Gasteiger partial charge on any atom is -0.493 e. The standard InChI is InChI=1S/C29H28N6O5S.C2HF3O2/c1-15-9-16(2)11-18(10-15)27(36)31-19-8-6-7-17(12-19)26-34-28(40-35-26)24-25(30)33-29(41-24)32-20-13-21(37-3)23(39-5)22(14-20)38-4;3-2(4,5)1(6)7/h6-14H,30H2,1-5H3,(H,31,36)(H,32,33);(H,6,7). The molecule has 0 saturated carbocycles. The van der Waals surface area contributed by atoms with E-state index in [1.807, 2.05) is 44.2 Å². The summed E-state index contributed by atoms with van der Waals surface area (Å²) in [6, 6.07) is 16.5. The summed E-state index contributed by atoms with van der Waals surface area (Å²) in [6.45, 7) is 3.92. The number of nitrogens with two attached hydrogens (primary N) is 1. The average Bonchev–Trinajstić information content (AvgIpc) is 3.66. The molecule has 0 unspecified atom stereocenters. The van der Waals surface area contributed by atoms with Crippen molar-refractivity contribution in [3.8, 4) is 39.4 Å². The molecule has 13 nitrogen and oxygen atoms in total. The van der Waals surface area contributed by atoms with Gasteiger partial charge in [-0.05, 0) is 38.1 Å². The number of nitrogens with zero attached hydrogens (tertiary/aromatic N) is 3. The Kier molecular flexibility index (Phi) is 10.7. The number of rotatable bonds is 9. The molecule has 0 aliphatic rings. The quantitative estimate of drug-likeness (QED) is 0.129. The third kappa shape index (κ3) is 8.49. The van der Waals surface area contributed by atoms with E-state index < -0.39 is 12.1 Å². The normalized spacial score (nSPS) is 10.8. The second kappa shape index (κ2) is 14.7. The summed E-state index contributed by atoms with van der Waals surface area (Å²) in [5.74, 6) is -0.699. The zero-order chi connectivity index (χ0) is 35.2. The van der Waals surface area contributed by atoms with Gasteiger partial charge in [0.2, 0.25) is 11.6 Å². The van der Waals surface area contributed by atoms with E-state index in [0.717, 1.165) is 11.1 Å². The van der Waals surface area contributed by atoms with Crippen LogP contribution in [0.15, 0.2) is 59.1 Å². The van der Waals surface area contributed by atoms with Gasteiger partial charge in [0.15, 0.2) is 16.6 Å². The lowest BCUT2D eigenvalue weighted by Crippen LogP contribution is -2.21. The van der Waals surface area contributed by atoms with Crippen molar-refractivity contribution >= 4 is 45.5 Å². The Bertz CT molecular complexity index is 1900. The molecule has 17 heteroatoms. The van der Waals surface area contributed by atoms with Crippen molar-refractivity contribution in [2.24, 2.45) is 0 Å². The molecule has 0 atom stereocenters. The molecular formula is C31H29F3N6O7S. The summed E-state index contributed by atoms with van der Waals surface area (Å²) in [5, 5.41) is 17.9. The summed E-state index contributed by atoms with van der Waals surface area (Å²) in [7, 11) is 4.63. The van der Waals surface area contributed by atoms with Gasteiger partial charge in [0.25, 0.3) is 11.8 Å². The maximum absolute atomic E-state index is 12.8. The number of aromatic nitrogens is 3. The number of benzene rings is 3. The maximum Gasteiger partial charge on any atom is 0.490 e. The van der Waals surface area contributed by atoms with Crippen molar-refractivity contribution in [3.05, 3.63) is 71.3 Å². The van der Waals surface area contributed by atoms with E-state index in [0.29, 0.717) is 55.6 Å². The van der Waals surface area contributed by atoms with Crippen molar-refractivity contribution in [2.75, 3.05) is 37.7 Å². The van der Waals surface area contributed by atoms with Crippen LogP contribution in [-0.4, -0.2) is 59.6 Å². The molecule has 5 N–H and O–H groups in total. The number of methoxy groups -OCH3 is 3. The number of amides is 1. The van der Waals surface area contributed by atoms with E-state index in [4.69, 9.17) is 34.4 Å². The molecule has 1 amide bonds. The number of hydrogen-bond donors (Lipinski definition) is 4. The first-order chi connectivity index (χ1) is 22.7. The predicted molar refractivity (Wildman–Crippen MR) is 172 cm³/mol. The lowest BCUT2D eigenvalue weighted by molar-refractivity contribution is -0.192. The number of carboxylic acids is 1. The van der Waals surface area contributed by atoms with Gasteiger partial charge in [-0.2, -0.15) is 18.2 Å². The molecule has 48 heavy (non-hydrogen) atoms. The van der Waals surface area contributed by atoms with Crippen molar-refractivity contribution in [3.63, 3.8) is 0 Å². The number of carbonyl (C=O) groups excluding carboxylic acids is 1. The van der Waals surface area contributed by atoms with Crippen molar-refractivity contribution in [2.45, 2.75) is 20.0 Å². The third-order valence-corrected chi connectivity index (χ3v) is 7.27. The Balaban J connectivity index is 0.000000671. The summed E-state index contributed by atoms with van der Waals surface area (Å²) >= 11 is 1.25. The molecule has 3 aromatic carbocycles. The largest absolute Gasteiger partial charge is 0.493 e. The van der Waals surface area contributed by atoms with Crippen molar-refractivity contribution in [1.29, 1.82) is 0 Å². The van der Waals surface area contributed by atoms with E-state index >= 15 is 0 Å². The highest BCUT2D eigenvalue weighted by molar-refractivity contribution is 7.19. The predicted octanol–water partition coefficient (Wildman–Crippen LogP) is 6.71. The number of aliphatic carboxylic acids is 1. The van der Waals surface area contributed by atoms with Gasteiger partial charge in [-0.15, -0.1) is 0 Å². The molecule has 0 bridgehead atoms. The first-order valence-electron chi connectivity index (χ1n) is 13.7. The summed E-state index contributed by atoms with van der Waals surface area (Å²) < 4.78 is 53.5. The van der Waals surface area contributed by atoms with Crippen LogP contribution in [0.4, 0.5) is 35.5 Å². The highest BCUT2D eigenvalue weighted by Crippen LogP contribution is 2.42. The van der Waals surface area contributed by atoms with Crippen LogP contribution in [0.25, 0.3) is 22.2 Å². The maximum atomic E-state index is 12.8. The van der Waals surface area contributed by atoms with Gasteiger partial charge in [0.05, 0.1) is 21.3 Å². The van der Waals surface area contributed by atoms with Crippen LogP contribution in [0.5, 0.6) is 17.2 Å². The van der Waals surface area contributed by atoms with Crippen LogP contribution in [-0.2, 0) is 4.79 Å². The first kappa shape index (κ1) is 35.0. The fraction of sp³-hybridized carbons (Fsp3) is 0.194. The number of nitrogen functional groups attached to an aromatic ring is 1. The van der Waals surface area contributed by atoms with Gasteiger partial charge in [-0.1, -0.05) is 45.8 Å². The number of anilines is 4. The molecule has 2 aromatic heterocycles. The average molecular weight is 687 g/mol. The van der Waals surface area contributed by atoms with Crippen LogP contribution >= 0.6 is 11.3 Å². The van der Waals surface area contributed by atoms with Gasteiger partial charge >= 0.3 is 12.1 Å². The van der Waals surface area contributed by atoms with E-state index in [1.165, 1.54) is 11.3 Å². The smallest absolute Gasteiger partial charge is 0.490 e. The molecule has 0 spiro atoms. The number of thiazole rings is 1. The highest BCUT2D eigenvalue weighted by atomic mass is 32.1. The summed E-state index contributed by atoms with van der Waals surface area (Å²) in [4.78, 5) is 31.2. The SMILES string of the molecule is COc1cc(Nc2nc(N)c(-c3nc(-c4cccc(NC(=O)c5cc(C)cc(C)c5)c4)no3)s2)cc(OC)c1OC.O=C(O)C(F)(F)F. The molecule has 2 heterocycles. The lowest BCUT2D eigenvalue weighted by Gasteiger charge is -2.14. The zero-order valence-electron chi connectivity index (χ0n) is 26.1. The molecule has 0 fully saturated rings. The van der Waals surface area contributed by atoms with Gasteiger partial charge < -0.3 is 40.2 Å².